The fourth-order valence-corrected chi connectivity index (χ4v) is 4.01. The molecule has 1 unspecified atom stereocenters. The van der Waals surface area contributed by atoms with E-state index >= 15 is 0 Å². The van der Waals surface area contributed by atoms with Crippen LogP contribution >= 0.6 is 0 Å². The summed E-state index contributed by atoms with van der Waals surface area (Å²) in [5.41, 5.74) is 0.739. The van der Waals surface area contributed by atoms with Crippen LogP contribution in [0.25, 0.3) is 16.9 Å². The van der Waals surface area contributed by atoms with Crippen molar-refractivity contribution in [1.29, 1.82) is 0 Å². The first kappa shape index (κ1) is 23.4. The van der Waals surface area contributed by atoms with Crippen molar-refractivity contribution in [2.75, 3.05) is 6.26 Å². The van der Waals surface area contributed by atoms with Gasteiger partial charge in [0.2, 0.25) is 0 Å². The highest BCUT2D eigenvalue weighted by Gasteiger charge is 2.28. The highest BCUT2D eigenvalue weighted by Crippen LogP contribution is 2.30. The number of sulfone groups is 1. The van der Waals surface area contributed by atoms with Gasteiger partial charge < -0.3 is 5.32 Å². The molecular weight excluding hydrogens is 466 g/mol. The second-order valence-electron chi connectivity index (χ2n) is 7.86. The van der Waals surface area contributed by atoms with Crippen LogP contribution in [0.5, 0.6) is 0 Å². The number of aromatic nitrogens is 5. The zero-order valence-corrected chi connectivity index (χ0v) is 19.2. The Morgan fingerprint density at radius 3 is 2.38 bits per heavy atom. The molecule has 34 heavy (non-hydrogen) atoms. The zero-order chi connectivity index (χ0) is 24.7. The molecule has 0 bridgehead atoms. The summed E-state index contributed by atoms with van der Waals surface area (Å²) in [4.78, 5) is 25.7. The number of hydrogen-bond acceptors (Lipinski definition) is 7. The number of nitrogens with one attached hydrogen (secondary N) is 1. The van der Waals surface area contributed by atoms with E-state index in [0.717, 1.165) is 24.5 Å². The number of para-hydroxylation sites is 2. The summed E-state index contributed by atoms with van der Waals surface area (Å²) >= 11 is 0. The molecule has 1 amide bonds. The van der Waals surface area contributed by atoms with Gasteiger partial charge in [0.25, 0.3) is 11.8 Å². The molecule has 4 rings (SSSR count). The van der Waals surface area contributed by atoms with Crippen LogP contribution in [0.3, 0.4) is 0 Å². The van der Waals surface area contributed by atoms with Gasteiger partial charge in [-0.25, -0.2) is 36.8 Å². The number of carbonyl (C=O) groups is 1. The normalized spacial score (nSPS) is 13.1. The van der Waals surface area contributed by atoms with Gasteiger partial charge in [0.05, 0.1) is 22.0 Å². The van der Waals surface area contributed by atoms with Crippen LogP contribution in [0, 0.1) is 0 Å². The molecule has 1 N–H and O–H groups in total. The highest BCUT2D eigenvalue weighted by molar-refractivity contribution is 7.90. The summed E-state index contributed by atoms with van der Waals surface area (Å²) in [6.07, 6.45) is 3.65. The fraction of sp³-hybridized carbons (Fsp3) is 0.227. The van der Waals surface area contributed by atoms with Gasteiger partial charge >= 0.3 is 0 Å². The summed E-state index contributed by atoms with van der Waals surface area (Å²) in [6, 6.07) is 9.31. The molecule has 176 valence electrons. The van der Waals surface area contributed by atoms with E-state index in [0.29, 0.717) is 29.5 Å². The Hall–Kier alpha value is -3.80. The van der Waals surface area contributed by atoms with Gasteiger partial charge in [-0.1, -0.05) is 12.1 Å². The smallest absolute Gasteiger partial charge is 0.270 e. The molecule has 2 heterocycles. The van der Waals surface area contributed by atoms with Crippen LogP contribution in [0.15, 0.2) is 60.0 Å². The molecule has 4 aromatic rings. The monoisotopic (exact) mass is 486 g/mol. The predicted octanol–water partition coefficient (Wildman–Crippen LogP) is 3.22. The van der Waals surface area contributed by atoms with Crippen molar-refractivity contribution in [2.24, 2.45) is 0 Å². The number of alkyl halides is 2. The molecule has 0 aliphatic carbocycles. The lowest BCUT2D eigenvalue weighted by atomic mass is 10.1. The van der Waals surface area contributed by atoms with Crippen LogP contribution < -0.4 is 5.32 Å². The highest BCUT2D eigenvalue weighted by atomic mass is 32.2. The average molecular weight is 487 g/mol. The van der Waals surface area contributed by atoms with Gasteiger partial charge in [0.1, 0.15) is 18.3 Å². The second-order valence-corrected chi connectivity index (χ2v) is 9.88. The van der Waals surface area contributed by atoms with E-state index in [1.807, 2.05) is 6.07 Å². The van der Waals surface area contributed by atoms with Crippen molar-refractivity contribution in [3.63, 3.8) is 0 Å². The quantitative estimate of drug-likeness (QED) is 0.444. The summed E-state index contributed by atoms with van der Waals surface area (Å²) in [7, 11) is -3.84. The maximum atomic E-state index is 14.0. The van der Waals surface area contributed by atoms with E-state index in [-0.39, 0.29) is 10.5 Å². The van der Waals surface area contributed by atoms with Crippen LogP contribution in [-0.2, 0) is 15.8 Å². The minimum atomic E-state index is -3.84. The maximum Gasteiger partial charge on any atom is 0.270 e. The van der Waals surface area contributed by atoms with Gasteiger partial charge in [-0.3, -0.25) is 4.79 Å². The fourth-order valence-electron chi connectivity index (χ4n) is 3.33. The van der Waals surface area contributed by atoms with Gasteiger partial charge in [0, 0.05) is 24.3 Å². The molecule has 2 aromatic heterocycles. The summed E-state index contributed by atoms with van der Waals surface area (Å²) < 4.78 is 53.4. The van der Waals surface area contributed by atoms with Crippen molar-refractivity contribution in [3.8, 4) is 5.82 Å². The van der Waals surface area contributed by atoms with Crippen LogP contribution in [-0.4, -0.2) is 45.3 Å². The third kappa shape index (κ3) is 4.76. The molecular formula is C22H20F2N6O3S. The molecule has 0 saturated heterocycles. The zero-order valence-electron chi connectivity index (χ0n) is 18.4. The molecule has 0 spiro atoms. The van der Waals surface area contributed by atoms with Crippen LogP contribution in [0.1, 0.15) is 41.5 Å². The number of hydrogen-bond donors (Lipinski definition) is 1. The number of benzene rings is 2. The SMILES string of the molecule is CC(NC(=O)c1cc(C(C)(F)F)cc(S(C)(=O)=O)c1)c1nc2ccccc2nc1-n1cncn1. The lowest BCUT2D eigenvalue weighted by molar-refractivity contribution is 0.0172. The molecule has 0 aliphatic heterocycles. The minimum Gasteiger partial charge on any atom is -0.344 e. The van der Waals surface area contributed by atoms with E-state index in [2.05, 4.69) is 25.4 Å². The average Bonchev–Trinajstić information content (AvgIpc) is 3.31. The van der Waals surface area contributed by atoms with Gasteiger partial charge in [-0.2, -0.15) is 5.10 Å². The Morgan fingerprint density at radius 1 is 1.12 bits per heavy atom. The molecule has 0 aliphatic rings. The second kappa shape index (κ2) is 8.52. The van der Waals surface area contributed by atoms with E-state index in [4.69, 9.17) is 0 Å². The Kier molecular flexibility index (Phi) is 5.86. The van der Waals surface area contributed by atoms with Crippen molar-refractivity contribution >= 4 is 26.8 Å². The van der Waals surface area contributed by atoms with Crippen molar-refractivity contribution in [2.45, 2.75) is 30.7 Å². The minimum absolute atomic E-state index is 0.220. The summed E-state index contributed by atoms with van der Waals surface area (Å²) in [5, 5.41) is 6.79. The Bertz CT molecular complexity index is 1480. The third-order valence-electron chi connectivity index (χ3n) is 5.08. The molecule has 2 aromatic carbocycles. The lowest BCUT2D eigenvalue weighted by Gasteiger charge is -2.18. The van der Waals surface area contributed by atoms with E-state index in [1.165, 1.54) is 17.3 Å². The van der Waals surface area contributed by atoms with E-state index < -0.39 is 33.3 Å². The largest absolute Gasteiger partial charge is 0.344 e. The Balaban J connectivity index is 1.74. The lowest BCUT2D eigenvalue weighted by Crippen LogP contribution is -2.29. The molecule has 0 saturated carbocycles. The Morgan fingerprint density at radius 2 is 1.79 bits per heavy atom. The number of fused-ring (bicyclic) bond motifs is 1. The predicted molar refractivity (Wildman–Crippen MR) is 119 cm³/mol. The summed E-state index contributed by atoms with van der Waals surface area (Å²) in [6.45, 7) is 2.28. The maximum absolute atomic E-state index is 14.0. The molecule has 1 atom stereocenters. The van der Waals surface area contributed by atoms with Crippen molar-refractivity contribution in [3.05, 3.63) is 71.9 Å². The number of halogens is 2. The summed E-state index contributed by atoms with van der Waals surface area (Å²) in [5.74, 6) is -3.76. The number of nitrogens with zero attached hydrogens (tertiary/aromatic N) is 5. The number of rotatable bonds is 6. The third-order valence-corrected chi connectivity index (χ3v) is 6.17. The van der Waals surface area contributed by atoms with E-state index in [1.54, 1.807) is 25.1 Å². The molecule has 0 radical (unpaired) electrons. The van der Waals surface area contributed by atoms with E-state index in [9.17, 15) is 22.0 Å². The van der Waals surface area contributed by atoms with Gasteiger partial charge in [0.15, 0.2) is 15.7 Å². The van der Waals surface area contributed by atoms with Crippen molar-refractivity contribution < 1.29 is 22.0 Å². The first-order valence-electron chi connectivity index (χ1n) is 10.1. The van der Waals surface area contributed by atoms with Crippen molar-refractivity contribution in [1.82, 2.24) is 30.0 Å². The van der Waals surface area contributed by atoms with Gasteiger partial charge in [-0.05, 0) is 37.3 Å². The first-order valence-corrected chi connectivity index (χ1v) is 12.0. The Labute approximate surface area is 193 Å². The topological polar surface area (TPSA) is 120 Å². The van der Waals surface area contributed by atoms with Gasteiger partial charge in [-0.15, -0.1) is 0 Å². The van der Waals surface area contributed by atoms with Crippen LogP contribution in [0.2, 0.25) is 0 Å². The molecule has 0 fully saturated rings. The standard InChI is InChI=1S/C22H20F2N6O3S/c1-13(19-20(30-12-25-11-26-30)29-18-7-5-4-6-17(18)28-19)27-21(31)14-8-15(22(2,23)24)10-16(9-14)34(3,32)33/h4-13H,1-3H3,(H,27,31). The first-order chi connectivity index (χ1) is 15.9. The number of carbonyl (C=O) groups excluding carboxylic acids is 1. The molecule has 12 heteroatoms. The molecule has 9 nitrogen and oxygen atoms in total. The number of amides is 1. The van der Waals surface area contributed by atoms with Crippen LogP contribution in [0.4, 0.5) is 8.78 Å².